The van der Waals surface area contributed by atoms with Crippen molar-refractivity contribution in [3.8, 4) is 0 Å². The first kappa shape index (κ1) is 19.4. The molecule has 1 fully saturated rings. The third kappa shape index (κ3) is 4.42. The molecule has 0 aromatic heterocycles. The largest absolute Gasteiger partial charge is 0.329 e. The minimum absolute atomic E-state index is 0. The first-order valence-corrected chi connectivity index (χ1v) is 10.1. The first-order chi connectivity index (χ1) is 9.65. The van der Waals surface area contributed by atoms with Gasteiger partial charge in [-0.05, 0) is 43.4 Å². The Morgan fingerprint density at radius 3 is 2.32 bits per heavy atom. The monoisotopic (exact) mass is 368 g/mol. The summed E-state index contributed by atoms with van der Waals surface area (Å²) < 4.78 is 50.7. The summed E-state index contributed by atoms with van der Waals surface area (Å²) in [6, 6.07) is 3.81. The van der Waals surface area contributed by atoms with Gasteiger partial charge in [0.1, 0.15) is 0 Å². The molecular weight excluding hydrogens is 348 g/mol. The fraction of sp³-hybridized carbons (Fsp3) is 0.538. The lowest BCUT2D eigenvalue weighted by molar-refractivity contribution is 0.518. The van der Waals surface area contributed by atoms with Gasteiger partial charge in [-0.2, -0.15) is 0 Å². The van der Waals surface area contributed by atoms with E-state index in [2.05, 4.69) is 4.72 Å². The van der Waals surface area contributed by atoms with E-state index in [1.54, 1.807) is 6.92 Å². The number of hydrogen-bond donors (Lipinski definition) is 2. The van der Waals surface area contributed by atoms with E-state index in [1.165, 1.54) is 18.2 Å². The van der Waals surface area contributed by atoms with Gasteiger partial charge in [0.15, 0.2) is 9.84 Å². The molecule has 126 valence electrons. The number of rotatable bonds is 6. The fourth-order valence-corrected chi connectivity index (χ4v) is 4.51. The number of nitrogens with two attached hydrogens (primary N) is 1. The van der Waals surface area contributed by atoms with E-state index in [4.69, 9.17) is 5.73 Å². The summed E-state index contributed by atoms with van der Waals surface area (Å²) in [5, 5.41) is 0. The van der Waals surface area contributed by atoms with Gasteiger partial charge in [0, 0.05) is 18.8 Å². The van der Waals surface area contributed by atoms with E-state index in [9.17, 15) is 16.8 Å². The Kier molecular flexibility index (Phi) is 6.02. The number of benzene rings is 1. The van der Waals surface area contributed by atoms with Gasteiger partial charge in [-0.25, -0.2) is 21.6 Å². The molecule has 0 radical (unpaired) electrons. The van der Waals surface area contributed by atoms with Gasteiger partial charge in [-0.1, -0.05) is 6.07 Å². The molecule has 0 bridgehead atoms. The van der Waals surface area contributed by atoms with Crippen LogP contribution in [0.3, 0.4) is 0 Å². The molecule has 1 saturated carbocycles. The number of hydrogen-bond acceptors (Lipinski definition) is 5. The van der Waals surface area contributed by atoms with E-state index < -0.39 is 19.9 Å². The van der Waals surface area contributed by atoms with Gasteiger partial charge in [0.05, 0.1) is 9.79 Å². The van der Waals surface area contributed by atoms with Crippen molar-refractivity contribution in [2.45, 2.75) is 35.6 Å². The second-order valence-corrected chi connectivity index (χ2v) is 9.20. The maximum absolute atomic E-state index is 12.5. The van der Waals surface area contributed by atoms with Gasteiger partial charge in [0.2, 0.25) is 10.0 Å². The summed E-state index contributed by atoms with van der Waals surface area (Å²) in [4.78, 5) is -0.0197. The lowest BCUT2D eigenvalue weighted by Crippen LogP contribution is -2.41. The third-order valence-corrected chi connectivity index (χ3v) is 6.37. The Balaban J connectivity index is 0.00000242. The van der Waals surface area contributed by atoms with Crippen LogP contribution in [0, 0.1) is 12.8 Å². The van der Waals surface area contributed by atoms with Crippen LogP contribution in [0.5, 0.6) is 0 Å². The maximum Gasteiger partial charge on any atom is 0.241 e. The van der Waals surface area contributed by atoms with Gasteiger partial charge >= 0.3 is 0 Å². The second kappa shape index (κ2) is 6.84. The van der Waals surface area contributed by atoms with Crippen LogP contribution in [0.15, 0.2) is 28.0 Å². The van der Waals surface area contributed by atoms with Gasteiger partial charge in [-0.15, -0.1) is 12.4 Å². The smallest absolute Gasteiger partial charge is 0.241 e. The predicted molar refractivity (Wildman–Crippen MR) is 87.4 cm³/mol. The summed E-state index contributed by atoms with van der Waals surface area (Å²) in [7, 11) is -7.24. The van der Waals surface area contributed by atoms with Crippen molar-refractivity contribution in [1.82, 2.24) is 4.72 Å². The SMILES string of the molecule is Cc1ccc(S(C)(=O)=O)cc1S(=O)(=O)NC(CN)C1CC1.Cl. The highest BCUT2D eigenvalue weighted by Crippen LogP contribution is 2.33. The highest BCUT2D eigenvalue weighted by Gasteiger charge is 2.34. The molecule has 1 unspecified atom stereocenters. The van der Waals surface area contributed by atoms with Crippen molar-refractivity contribution in [2.24, 2.45) is 11.7 Å². The summed E-state index contributed by atoms with van der Waals surface area (Å²) in [6.45, 7) is 1.86. The molecule has 1 aromatic carbocycles. The van der Waals surface area contributed by atoms with E-state index in [1.807, 2.05) is 0 Å². The lowest BCUT2D eigenvalue weighted by atomic mass is 10.2. The minimum Gasteiger partial charge on any atom is -0.329 e. The third-order valence-electron chi connectivity index (χ3n) is 3.63. The molecular formula is C13H21ClN2O4S2. The van der Waals surface area contributed by atoms with E-state index >= 15 is 0 Å². The van der Waals surface area contributed by atoms with E-state index in [-0.39, 0.29) is 40.7 Å². The molecule has 6 nitrogen and oxygen atoms in total. The quantitative estimate of drug-likeness (QED) is 0.773. The van der Waals surface area contributed by atoms with Crippen molar-refractivity contribution in [3.63, 3.8) is 0 Å². The normalized spacial score (nSPS) is 16.9. The summed E-state index contributed by atoms with van der Waals surface area (Å²) >= 11 is 0. The van der Waals surface area contributed by atoms with Gasteiger partial charge in [0.25, 0.3) is 0 Å². The van der Waals surface area contributed by atoms with Crippen molar-refractivity contribution in [2.75, 3.05) is 12.8 Å². The zero-order valence-corrected chi connectivity index (χ0v) is 14.9. The van der Waals surface area contributed by atoms with Crippen molar-refractivity contribution < 1.29 is 16.8 Å². The van der Waals surface area contributed by atoms with E-state index in [0.717, 1.165) is 19.1 Å². The Morgan fingerprint density at radius 2 is 1.86 bits per heavy atom. The zero-order valence-electron chi connectivity index (χ0n) is 12.4. The molecule has 22 heavy (non-hydrogen) atoms. The van der Waals surface area contributed by atoms with Crippen molar-refractivity contribution >= 4 is 32.3 Å². The number of aryl methyl sites for hydroxylation is 1. The molecule has 1 aromatic rings. The maximum atomic E-state index is 12.5. The van der Waals surface area contributed by atoms with Crippen LogP contribution in [0.25, 0.3) is 0 Å². The molecule has 0 amide bonds. The van der Waals surface area contributed by atoms with Crippen LogP contribution in [-0.4, -0.2) is 35.7 Å². The summed E-state index contributed by atoms with van der Waals surface area (Å²) in [5.41, 5.74) is 6.11. The number of sulfone groups is 1. The Bertz CT molecular complexity index is 743. The fourth-order valence-electron chi connectivity index (χ4n) is 2.20. The van der Waals surface area contributed by atoms with E-state index in [0.29, 0.717) is 5.56 Å². The lowest BCUT2D eigenvalue weighted by Gasteiger charge is -2.17. The molecule has 0 saturated heterocycles. The first-order valence-electron chi connectivity index (χ1n) is 6.68. The Hall–Kier alpha value is -0.670. The van der Waals surface area contributed by atoms with Crippen molar-refractivity contribution in [3.05, 3.63) is 23.8 Å². The molecule has 1 aliphatic carbocycles. The van der Waals surface area contributed by atoms with Crippen LogP contribution in [-0.2, 0) is 19.9 Å². The molecule has 9 heteroatoms. The Labute approximate surface area is 137 Å². The average molecular weight is 369 g/mol. The van der Waals surface area contributed by atoms with Gasteiger partial charge < -0.3 is 5.73 Å². The molecule has 0 spiro atoms. The molecule has 1 aliphatic rings. The van der Waals surface area contributed by atoms with Crippen LogP contribution >= 0.6 is 12.4 Å². The Morgan fingerprint density at radius 1 is 1.27 bits per heavy atom. The van der Waals surface area contributed by atoms with Crippen LogP contribution < -0.4 is 10.5 Å². The second-order valence-electron chi connectivity index (χ2n) is 5.50. The van der Waals surface area contributed by atoms with Crippen molar-refractivity contribution in [1.29, 1.82) is 0 Å². The number of sulfonamides is 1. The molecule has 2 rings (SSSR count). The van der Waals surface area contributed by atoms with Crippen LogP contribution in [0.1, 0.15) is 18.4 Å². The highest BCUT2D eigenvalue weighted by atomic mass is 35.5. The summed E-state index contributed by atoms with van der Waals surface area (Å²) in [6.07, 6.45) is 2.98. The van der Waals surface area contributed by atoms with Gasteiger partial charge in [-0.3, -0.25) is 0 Å². The molecule has 3 N–H and O–H groups in total. The zero-order chi connectivity index (χ0) is 15.8. The molecule has 0 aliphatic heterocycles. The topological polar surface area (TPSA) is 106 Å². The summed E-state index contributed by atoms with van der Waals surface area (Å²) in [5.74, 6) is 0.281. The number of nitrogens with one attached hydrogen (secondary N) is 1. The minimum atomic E-state index is -3.78. The molecule has 0 heterocycles. The standard InChI is InChI=1S/C13H20N2O4S2.ClH/c1-9-3-6-11(20(2,16)17)7-13(9)21(18,19)15-12(8-14)10-4-5-10;/h3,6-7,10,12,15H,4-5,8,14H2,1-2H3;1H. The highest BCUT2D eigenvalue weighted by molar-refractivity contribution is 7.91. The molecule has 1 atom stereocenters. The van der Waals surface area contributed by atoms with Crippen LogP contribution in [0.4, 0.5) is 0 Å². The van der Waals surface area contributed by atoms with Crippen LogP contribution in [0.2, 0.25) is 0 Å². The predicted octanol–water partition coefficient (Wildman–Crippen LogP) is 0.836. The number of halogens is 1. The average Bonchev–Trinajstić information content (AvgIpc) is 3.19.